The summed E-state index contributed by atoms with van der Waals surface area (Å²) in [6.07, 6.45) is 14.0. The van der Waals surface area contributed by atoms with Crippen molar-refractivity contribution in [3.05, 3.63) is 46.3 Å². The third-order valence-electron chi connectivity index (χ3n) is 9.04. The number of ketones is 2. The van der Waals surface area contributed by atoms with Gasteiger partial charge in [-0.2, -0.15) is 0 Å². The van der Waals surface area contributed by atoms with Gasteiger partial charge in [0, 0.05) is 47.8 Å². The van der Waals surface area contributed by atoms with Crippen LogP contribution in [0.2, 0.25) is 0 Å². The third-order valence-corrected chi connectivity index (χ3v) is 9.04. The number of phenols is 1. The average Bonchev–Trinajstić information content (AvgIpc) is 2.86. The van der Waals surface area contributed by atoms with E-state index >= 15 is 0 Å². The van der Waals surface area contributed by atoms with Gasteiger partial charge >= 0.3 is 0 Å². The fraction of sp³-hybridized carbons (Fsp3) is 0.657. The van der Waals surface area contributed by atoms with Gasteiger partial charge in [0.1, 0.15) is 0 Å². The highest BCUT2D eigenvalue weighted by Crippen LogP contribution is 2.55. The summed E-state index contributed by atoms with van der Waals surface area (Å²) in [5.41, 5.74) is 4.39. The summed E-state index contributed by atoms with van der Waals surface area (Å²) in [5, 5.41) is 10.3. The predicted molar refractivity (Wildman–Crippen MR) is 161 cm³/mol. The Kier molecular flexibility index (Phi) is 9.52. The van der Waals surface area contributed by atoms with E-state index in [1.54, 1.807) is 6.07 Å². The second-order valence-electron chi connectivity index (χ2n) is 13.9. The lowest BCUT2D eigenvalue weighted by atomic mass is 9.63. The molecule has 1 aromatic carbocycles. The molecule has 3 aliphatic rings. The Morgan fingerprint density at radius 1 is 0.800 bits per heavy atom. The highest BCUT2D eigenvalue weighted by molar-refractivity contribution is 6.06. The molecule has 0 saturated heterocycles. The van der Waals surface area contributed by atoms with Crippen LogP contribution in [-0.2, 0) is 9.59 Å². The first-order valence-electron chi connectivity index (χ1n) is 15.6. The molecule has 5 nitrogen and oxygen atoms in total. The Labute approximate surface area is 242 Å². The maximum Gasteiger partial charge on any atom is 0.162 e. The van der Waals surface area contributed by atoms with Gasteiger partial charge in [-0.3, -0.25) is 9.59 Å². The lowest BCUT2D eigenvalue weighted by Gasteiger charge is -2.49. The topological polar surface area (TPSA) is 66.8 Å². The first kappa shape index (κ1) is 30.4. The molecule has 0 amide bonds. The van der Waals surface area contributed by atoms with Crippen LogP contribution in [0.3, 0.4) is 0 Å². The fourth-order valence-corrected chi connectivity index (χ4v) is 7.11. The van der Waals surface area contributed by atoms with E-state index in [1.807, 2.05) is 12.1 Å². The maximum absolute atomic E-state index is 13.9. The molecule has 0 spiro atoms. The molecule has 1 aromatic rings. The number of phenolic OH excluding ortho intramolecular Hbond substituents is 1. The van der Waals surface area contributed by atoms with Crippen LogP contribution in [0.25, 0.3) is 0 Å². The normalized spacial score (nSPS) is 20.6. The van der Waals surface area contributed by atoms with E-state index in [2.05, 4.69) is 39.5 Å². The summed E-state index contributed by atoms with van der Waals surface area (Å²) in [6, 6.07) is 5.29. The van der Waals surface area contributed by atoms with Crippen LogP contribution in [0.5, 0.6) is 11.5 Å². The number of rotatable bonds is 12. The van der Waals surface area contributed by atoms with E-state index in [9.17, 15) is 14.7 Å². The fourth-order valence-electron chi connectivity index (χ4n) is 7.11. The standard InChI is InChI=1S/C35H51NO4/c1-7-8-9-10-11-12-13-14-15-18-36-25-20-34(2,3)22-28(38)32(25)31(24-16-17-27(37)30(19-24)40-6)33-26(36)21-35(4,5)23-29(33)39/h16-17,19,31,37H,7-15,18,20-23H2,1-6H3. The molecule has 1 aliphatic heterocycles. The van der Waals surface area contributed by atoms with Crippen molar-refractivity contribution < 1.29 is 19.4 Å². The van der Waals surface area contributed by atoms with Crippen molar-refractivity contribution >= 4 is 11.6 Å². The zero-order valence-electron chi connectivity index (χ0n) is 25.8. The molecule has 1 heterocycles. The van der Waals surface area contributed by atoms with Crippen LogP contribution in [-0.4, -0.2) is 35.2 Å². The highest BCUT2D eigenvalue weighted by atomic mass is 16.5. The molecule has 0 fully saturated rings. The molecule has 220 valence electrons. The molecule has 1 N–H and O–H groups in total. The quantitative estimate of drug-likeness (QED) is 0.264. The summed E-state index contributed by atoms with van der Waals surface area (Å²) >= 11 is 0. The van der Waals surface area contributed by atoms with Crippen molar-refractivity contribution in [3.8, 4) is 11.5 Å². The van der Waals surface area contributed by atoms with Crippen molar-refractivity contribution in [3.63, 3.8) is 0 Å². The van der Waals surface area contributed by atoms with Crippen LogP contribution in [0.4, 0.5) is 0 Å². The molecule has 0 bridgehead atoms. The Hall–Kier alpha value is -2.56. The number of aromatic hydroxyl groups is 1. The number of hydrogen-bond acceptors (Lipinski definition) is 5. The van der Waals surface area contributed by atoms with Crippen LogP contribution in [0, 0.1) is 10.8 Å². The molecule has 40 heavy (non-hydrogen) atoms. The van der Waals surface area contributed by atoms with E-state index in [0.29, 0.717) is 18.6 Å². The van der Waals surface area contributed by atoms with E-state index in [1.165, 1.54) is 58.5 Å². The molecule has 2 aliphatic carbocycles. The maximum atomic E-state index is 13.9. The second kappa shape index (κ2) is 12.5. The van der Waals surface area contributed by atoms with Crippen molar-refractivity contribution in [2.45, 2.75) is 124 Å². The summed E-state index contributed by atoms with van der Waals surface area (Å²) in [5.74, 6) is 0.302. The third kappa shape index (κ3) is 6.66. The lowest BCUT2D eigenvalue weighted by molar-refractivity contribution is -0.119. The van der Waals surface area contributed by atoms with E-state index in [4.69, 9.17) is 4.74 Å². The number of ether oxygens (including phenoxy) is 1. The Morgan fingerprint density at radius 2 is 1.30 bits per heavy atom. The Bertz CT molecular complexity index is 1120. The summed E-state index contributed by atoms with van der Waals surface area (Å²) in [7, 11) is 1.53. The molecule has 0 unspecified atom stereocenters. The summed E-state index contributed by atoms with van der Waals surface area (Å²) in [4.78, 5) is 30.3. The minimum Gasteiger partial charge on any atom is -0.504 e. The Balaban J connectivity index is 1.69. The molecule has 0 radical (unpaired) electrons. The summed E-state index contributed by atoms with van der Waals surface area (Å²) < 4.78 is 5.44. The molecule has 4 rings (SSSR count). The van der Waals surface area contributed by atoms with Gasteiger partial charge in [0.2, 0.25) is 0 Å². The van der Waals surface area contributed by atoms with Gasteiger partial charge in [-0.25, -0.2) is 0 Å². The molecular weight excluding hydrogens is 498 g/mol. The zero-order valence-corrected chi connectivity index (χ0v) is 25.8. The average molecular weight is 550 g/mol. The molecule has 0 aromatic heterocycles. The number of nitrogens with zero attached hydrogens (tertiary/aromatic N) is 1. The summed E-state index contributed by atoms with van der Waals surface area (Å²) in [6.45, 7) is 11.8. The van der Waals surface area contributed by atoms with Gasteiger partial charge in [0.25, 0.3) is 0 Å². The largest absolute Gasteiger partial charge is 0.504 e. The number of carbonyl (C=O) groups is 2. The zero-order chi connectivity index (χ0) is 29.1. The van der Waals surface area contributed by atoms with E-state index < -0.39 is 5.92 Å². The number of allylic oxidation sites excluding steroid dienone is 4. The van der Waals surface area contributed by atoms with Gasteiger partial charge in [-0.15, -0.1) is 0 Å². The van der Waals surface area contributed by atoms with Gasteiger partial charge < -0.3 is 14.7 Å². The highest BCUT2D eigenvalue weighted by Gasteiger charge is 2.48. The number of benzene rings is 1. The van der Waals surface area contributed by atoms with E-state index in [0.717, 1.165) is 53.9 Å². The number of hydrogen-bond donors (Lipinski definition) is 1. The van der Waals surface area contributed by atoms with E-state index in [-0.39, 0.29) is 28.1 Å². The van der Waals surface area contributed by atoms with Crippen LogP contribution < -0.4 is 4.74 Å². The van der Waals surface area contributed by atoms with Crippen molar-refractivity contribution in [2.24, 2.45) is 10.8 Å². The SMILES string of the molecule is CCCCCCCCCCCN1C2=C(C(=O)CC(C)(C)C2)C(c2ccc(O)c(OC)c2)C2=C1CC(C)(C)CC2=O. The first-order chi connectivity index (χ1) is 19.0. The number of unbranched alkanes of at least 4 members (excludes halogenated alkanes) is 8. The predicted octanol–water partition coefficient (Wildman–Crippen LogP) is 8.62. The van der Waals surface area contributed by atoms with Crippen LogP contribution in [0.1, 0.15) is 130 Å². The first-order valence-corrected chi connectivity index (χ1v) is 15.6. The van der Waals surface area contributed by atoms with Crippen molar-refractivity contribution in [2.75, 3.05) is 13.7 Å². The van der Waals surface area contributed by atoms with Crippen LogP contribution >= 0.6 is 0 Å². The second-order valence-corrected chi connectivity index (χ2v) is 13.9. The minimum absolute atomic E-state index is 0.0599. The van der Waals surface area contributed by atoms with Gasteiger partial charge in [-0.1, -0.05) is 92.1 Å². The number of carbonyl (C=O) groups excluding carboxylic acids is 2. The van der Waals surface area contributed by atoms with Crippen molar-refractivity contribution in [1.29, 1.82) is 0 Å². The van der Waals surface area contributed by atoms with Crippen LogP contribution in [0.15, 0.2) is 40.7 Å². The lowest BCUT2D eigenvalue weighted by Crippen LogP contribution is -2.44. The van der Waals surface area contributed by atoms with Gasteiger partial charge in [-0.05, 0) is 47.8 Å². The van der Waals surface area contributed by atoms with Gasteiger partial charge in [0.15, 0.2) is 23.1 Å². The minimum atomic E-state index is -0.411. The molecular formula is C35H51NO4. The number of Topliss-reactive ketones (excluding diaryl/α,β-unsaturated/α-hetero) is 2. The molecule has 0 atom stereocenters. The molecule has 0 saturated carbocycles. The van der Waals surface area contributed by atoms with Crippen molar-refractivity contribution in [1.82, 2.24) is 4.90 Å². The monoisotopic (exact) mass is 549 g/mol. The Morgan fingerprint density at radius 3 is 1.80 bits per heavy atom. The molecule has 5 heteroatoms. The number of methoxy groups -OCH3 is 1. The smallest absolute Gasteiger partial charge is 0.162 e. The van der Waals surface area contributed by atoms with Gasteiger partial charge in [0.05, 0.1) is 7.11 Å².